The maximum absolute atomic E-state index is 11.1. The third-order valence-electron chi connectivity index (χ3n) is 2.67. The molecule has 92 valence electrons. The third kappa shape index (κ3) is 2.22. The maximum Gasteiger partial charge on any atom is 0.334 e. The van der Waals surface area contributed by atoms with Crippen LogP contribution in [0.5, 0.6) is 0 Å². The molecule has 0 bridgehead atoms. The Morgan fingerprint density at radius 1 is 1.33 bits per heavy atom. The SMILES string of the molecule is O=C(O)C1=CNC=CC1c1ccc([N+](=O)[O-])cc1. The van der Waals surface area contributed by atoms with E-state index < -0.39 is 16.8 Å². The van der Waals surface area contributed by atoms with E-state index in [2.05, 4.69) is 5.32 Å². The van der Waals surface area contributed by atoms with Gasteiger partial charge in [-0.05, 0) is 11.8 Å². The van der Waals surface area contributed by atoms with E-state index in [9.17, 15) is 14.9 Å². The molecule has 0 radical (unpaired) electrons. The molecule has 0 spiro atoms. The summed E-state index contributed by atoms with van der Waals surface area (Å²) in [5, 5.41) is 22.3. The minimum atomic E-state index is -1.02. The van der Waals surface area contributed by atoms with Crippen LogP contribution in [0.2, 0.25) is 0 Å². The summed E-state index contributed by atoms with van der Waals surface area (Å²) in [4.78, 5) is 21.1. The Balaban J connectivity index is 2.32. The van der Waals surface area contributed by atoms with E-state index in [1.54, 1.807) is 24.4 Å². The Kier molecular flexibility index (Phi) is 3.09. The van der Waals surface area contributed by atoms with E-state index >= 15 is 0 Å². The summed E-state index contributed by atoms with van der Waals surface area (Å²) in [7, 11) is 0. The van der Waals surface area contributed by atoms with Crippen LogP contribution in [0.1, 0.15) is 11.5 Å². The summed E-state index contributed by atoms with van der Waals surface area (Å²) in [6.07, 6.45) is 4.75. The number of nitrogens with one attached hydrogen (secondary N) is 1. The van der Waals surface area contributed by atoms with Crippen molar-refractivity contribution in [3.8, 4) is 0 Å². The molecule has 0 saturated heterocycles. The fourth-order valence-electron chi connectivity index (χ4n) is 1.77. The average Bonchev–Trinajstić information content (AvgIpc) is 2.39. The van der Waals surface area contributed by atoms with E-state index in [0.717, 1.165) is 0 Å². The van der Waals surface area contributed by atoms with E-state index in [1.807, 2.05) is 0 Å². The van der Waals surface area contributed by atoms with Gasteiger partial charge in [0.05, 0.1) is 10.5 Å². The van der Waals surface area contributed by atoms with Crippen LogP contribution in [0.3, 0.4) is 0 Å². The molecule has 6 heteroatoms. The lowest BCUT2D eigenvalue weighted by molar-refractivity contribution is -0.384. The van der Waals surface area contributed by atoms with E-state index in [0.29, 0.717) is 5.56 Å². The van der Waals surface area contributed by atoms with E-state index in [1.165, 1.54) is 18.3 Å². The van der Waals surface area contributed by atoms with Gasteiger partial charge in [0, 0.05) is 24.3 Å². The van der Waals surface area contributed by atoms with Gasteiger partial charge in [0.25, 0.3) is 5.69 Å². The molecule has 1 unspecified atom stereocenters. The largest absolute Gasteiger partial charge is 0.478 e. The van der Waals surface area contributed by atoms with E-state index in [-0.39, 0.29) is 11.3 Å². The Morgan fingerprint density at radius 3 is 2.56 bits per heavy atom. The molecule has 0 fully saturated rings. The molecular weight excluding hydrogens is 236 g/mol. The van der Waals surface area contributed by atoms with E-state index in [4.69, 9.17) is 5.11 Å². The van der Waals surface area contributed by atoms with Gasteiger partial charge in [0.2, 0.25) is 0 Å². The summed E-state index contributed by atoms with van der Waals surface area (Å²) in [5.41, 5.74) is 0.885. The Labute approximate surface area is 102 Å². The molecule has 0 aromatic heterocycles. The number of rotatable bonds is 3. The molecule has 1 aromatic carbocycles. The molecule has 2 N–H and O–H groups in total. The predicted molar refractivity (Wildman–Crippen MR) is 63.8 cm³/mol. The minimum absolute atomic E-state index is 0.0162. The highest BCUT2D eigenvalue weighted by molar-refractivity contribution is 5.89. The zero-order valence-corrected chi connectivity index (χ0v) is 9.24. The number of nitro groups is 1. The fourth-order valence-corrected chi connectivity index (χ4v) is 1.77. The highest BCUT2D eigenvalue weighted by Crippen LogP contribution is 2.28. The highest BCUT2D eigenvalue weighted by atomic mass is 16.6. The second-order valence-electron chi connectivity index (χ2n) is 3.76. The van der Waals surface area contributed by atoms with Crippen molar-refractivity contribution in [1.82, 2.24) is 5.32 Å². The maximum atomic E-state index is 11.1. The average molecular weight is 246 g/mol. The number of hydrogen-bond donors (Lipinski definition) is 2. The Morgan fingerprint density at radius 2 is 2.00 bits per heavy atom. The molecule has 1 aromatic rings. The smallest absolute Gasteiger partial charge is 0.334 e. The van der Waals surface area contributed by atoms with Crippen molar-refractivity contribution >= 4 is 11.7 Å². The van der Waals surface area contributed by atoms with Gasteiger partial charge in [-0.2, -0.15) is 0 Å². The van der Waals surface area contributed by atoms with Crippen molar-refractivity contribution < 1.29 is 14.8 Å². The molecular formula is C12H10N2O4. The molecule has 1 aliphatic heterocycles. The first-order valence-electron chi connectivity index (χ1n) is 5.20. The van der Waals surface area contributed by atoms with Gasteiger partial charge in [-0.15, -0.1) is 0 Å². The molecule has 18 heavy (non-hydrogen) atoms. The Hall–Kier alpha value is -2.63. The lowest BCUT2D eigenvalue weighted by Gasteiger charge is -2.17. The lowest BCUT2D eigenvalue weighted by Crippen LogP contribution is -2.16. The second kappa shape index (κ2) is 4.70. The number of carboxylic acid groups (broad SMARTS) is 1. The molecule has 6 nitrogen and oxygen atoms in total. The predicted octanol–water partition coefficient (Wildman–Crippen LogP) is 1.76. The number of nitro benzene ring substituents is 1. The minimum Gasteiger partial charge on any atom is -0.478 e. The van der Waals surface area contributed by atoms with Crippen molar-refractivity contribution in [3.63, 3.8) is 0 Å². The van der Waals surface area contributed by atoms with Crippen LogP contribution in [0, 0.1) is 10.1 Å². The van der Waals surface area contributed by atoms with Crippen LogP contribution in [0.4, 0.5) is 5.69 Å². The molecule has 0 amide bonds. The summed E-state index contributed by atoms with van der Waals surface area (Å²) in [6.45, 7) is 0. The summed E-state index contributed by atoms with van der Waals surface area (Å²) in [5.74, 6) is -1.42. The normalized spacial score (nSPS) is 17.8. The summed E-state index contributed by atoms with van der Waals surface area (Å²) >= 11 is 0. The van der Waals surface area contributed by atoms with Gasteiger partial charge in [-0.3, -0.25) is 10.1 Å². The standard InChI is InChI=1S/C12H10N2O4/c15-12(16)11-7-13-6-5-10(11)8-1-3-9(4-2-8)14(17)18/h1-7,10,13H,(H,15,16). The Bertz CT molecular complexity index is 546. The van der Waals surface area contributed by atoms with Gasteiger partial charge >= 0.3 is 5.97 Å². The molecule has 2 rings (SSSR count). The van der Waals surface area contributed by atoms with Gasteiger partial charge < -0.3 is 10.4 Å². The van der Waals surface area contributed by atoms with Crippen molar-refractivity contribution in [2.75, 3.05) is 0 Å². The van der Waals surface area contributed by atoms with Crippen molar-refractivity contribution in [1.29, 1.82) is 0 Å². The van der Waals surface area contributed by atoms with Crippen molar-refractivity contribution in [2.24, 2.45) is 0 Å². The number of hydrogen-bond acceptors (Lipinski definition) is 4. The zero-order valence-electron chi connectivity index (χ0n) is 9.24. The molecule has 1 aliphatic rings. The fraction of sp³-hybridized carbons (Fsp3) is 0.0833. The van der Waals surface area contributed by atoms with Gasteiger partial charge in [-0.1, -0.05) is 18.2 Å². The molecule has 1 atom stereocenters. The number of carboxylic acids is 1. The number of non-ortho nitro benzene ring substituents is 1. The number of aliphatic carboxylic acids is 1. The van der Waals surface area contributed by atoms with Gasteiger partial charge in [-0.25, -0.2) is 4.79 Å². The first-order valence-corrected chi connectivity index (χ1v) is 5.20. The zero-order chi connectivity index (χ0) is 13.1. The number of allylic oxidation sites excluding steroid dienone is 1. The summed E-state index contributed by atoms with van der Waals surface area (Å²) < 4.78 is 0. The van der Waals surface area contributed by atoms with Crippen LogP contribution in [-0.4, -0.2) is 16.0 Å². The van der Waals surface area contributed by atoms with Crippen molar-refractivity contribution in [2.45, 2.75) is 5.92 Å². The number of benzene rings is 1. The van der Waals surface area contributed by atoms with Crippen LogP contribution < -0.4 is 5.32 Å². The van der Waals surface area contributed by atoms with Crippen LogP contribution in [0.15, 0.2) is 48.3 Å². The van der Waals surface area contributed by atoms with Crippen molar-refractivity contribution in [3.05, 3.63) is 64.0 Å². The number of carbonyl (C=O) groups is 1. The van der Waals surface area contributed by atoms with Crippen LogP contribution in [-0.2, 0) is 4.79 Å². The third-order valence-corrected chi connectivity index (χ3v) is 2.67. The number of nitrogens with zero attached hydrogens (tertiary/aromatic N) is 1. The molecule has 1 heterocycles. The first-order chi connectivity index (χ1) is 8.59. The first kappa shape index (κ1) is 11.8. The number of dihydropyridines is 1. The van der Waals surface area contributed by atoms with Gasteiger partial charge in [0.15, 0.2) is 0 Å². The van der Waals surface area contributed by atoms with Crippen LogP contribution >= 0.6 is 0 Å². The topological polar surface area (TPSA) is 92.5 Å². The second-order valence-corrected chi connectivity index (χ2v) is 3.76. The van der Waals surface area contributed by atoms with Crippen LogP contribution in [0.25, 0.3) is 0 Å². The summed E-state index contributed by atoms with van der Waals surface area (Å²) in [6, 6.07) is 5.86. The monoisotopic (exact) mass is 246 g/mol. The quantitative estimate of drug-likeness (QED) is 0.626. The molecule has 0 saturated carbocycles. The van der Waals surface area contributed by atoms with Gasteiger partial charge in [0.1, 0.15) is 0 Å². The lowest BCUT2D eigenvalue weighted by atomic mass is 9.90. The highest BCUT2D eigenvalue weighted by Gasteiger charge is 2.22. The molecule has 0 aliphatic carbocycles.